The normalized spacial score (nSPS) is 32.3. The first kappa shape index (κ1) is 10.8. The Morgan fingerprint density at radius 3 is 2.60 bits per heavy atom. The summed E-state index contributed by atoms with van der Waals surface area (Å²) < 4.78 is 13.2. The zero-order valence-electron chi connectivity index (χ0n) is 9.35. The van der Waals surface area contributed by atoms with Gasteiger partial charge < -0.3 is 5.32 Å². The maximum absolute atomic E-state index is 13.2. The van der Waals surface area contributed by atoms with Crippen molar-refractivity contribution in [2.45, 2.75) is 51.6 Å². The fourth-order valence-electron chi connectivity index (χ4n) is 2.22. The van der Waals surface area contributed by atoms with Gasteiger partial charge in [0, 0.05) is 18.9 Å². The molecule has 0 aromatic carbocycles. The quantitative estimate of drug-likeness (QED) is 0.773. The molecule has 0 radical (unpaired) electrons. The molecule has 0 unspecified atom stereocenters. The Morgan fingerprint density at radius 1 is 1.33 bits per heavy atom. The Kier molecular flexibility index (Phi) is 2.91. The third-order valence-corrected chi connectivity index (χ3v) is 3.40. The van der Waals surface area contributed by atoms with Gasteiger partial charge in [0.2, 0.25) is 0 Å². The lowest BCUT2D eigenvalue weighted by Gasteiger charge is -2.11. The predicted molar refractivity (Wildman–Crippen MR) is 57.2 cm³/mol. The molecule has 1 heterocycles. The number of piperidine rings is 1. The van der Waals surface area contributed by atoms with E-state index in [4.69, 9.17) is 0 Å². The number of hydrogen-bond acceptors (Lipinski definition) is 2. The second-order valence-electron chi connectivity index (χ2n) is 4.93. The zero-order valence-corrected chi connectivity index (χ0v) is 9.35. The van der Waals surface area contributed by atoms with Crippen molar-refractivity contribution in [3.05, 3.63) is 11.4 Å². The van der Waals surface area contributed by atoms with E-state index in [2.05, 4.69) is 5.32 Å². The van der Waals surface area contributed by atoms with Crippen LogP contribution < -0.4 is 5.32 Å². The zero-order chi connectivity index (χ0) is 11.0. The van der Waals surface area contributed by atoms with Gasteiger partial charge in [0.15, 0.2) is 0 Å². The predicted octanol–water partition coefficient (Wildman–Crippen LogP) is 2.35. The second kappa shape index (κ2) is 4.05. The molecule has 1 N–H and O–H groups in total. The second-order valence-corrected chi connectivity index (χ2v) is 4.93. The molecule has 2 fully saturated rings. The third-order valence-electron chi connectivity index (χ3n) is 3.40. The summed E-state index contributed by atoms with van der Waals surface area (Å²) in [6, 6.07) is 0.603. The summed E-state index contributed by atoms with van der Waals surface area (Å²) in [5.41, 5.74) is 0.685. The van der Waals surface area contributed by atoms with E-state index < -0.39 is 0 Å². The molecule has 1 saturated carbocycles. The third kappa shape index (κ3) is 2.46. The SMILES string of the molecule is CC(C)=C(F)CCC(=O)[C@@H]1C[C@H]2C[C@H]2N1. The highest BCUT2D eigenvalue weighted by molar-refractivity contribution is 5.84. The standard InChI is InChI=1S/C12H18FNO/c1-7(2)9(13)3-4-12(15)11-6-8-5-10(8)14-11/h8,10-11,14H,3-6H2,1-2H3/t8-,10-,11+/m1/s1. The van der Waals surface area contributed by atoms with Crippen molar-refractivity contribution in [3.8, 4) is 0 Å². The van der Waals surface area contributed by atoms with Gasteiger partial charge in [-0.15, -0.1) is 0 Å². The average molecular weight is 211 g/mol. The van der Waals surface area contributed by atoms with Gasteiger partial charge in [-0.2, -0.15) is 0 Å². The maximum atomic E-state index is 13.2. The summed E-state index contributed by atoms with van der Waals surface area (Å²) in [6.45, 7) is 3.48. The molecule has 15 heavy (non-hydrogen) atoms. The molecule has 2 aliphatic rings. The molecule has 84 valence electrons. The molecule has 2 rings (SSSR count). The number of ketones is 1. The Bertz CT molecular complexity index is 297. The van der Waals surface area contributed by atoms with E-state index in [1.54, 1.807) is 13.8 Å². The van der Waals surface area contributed by atoms with E-state index >= 15 is 0 Å². The molecule has 0 spiro atoms. The maximum Gasteiger partial charge on any atom is 0.150 e. The van der Waals surface area contributed by atoms with Crippen LogP contribution in [0.5, 0.6) is 0 Å². The minimum Gasteiger partial charge on any atom is -0.304 e. The lowest BCUT2D eigenvalue weighted by atomic mass is 10.0. The topological polar surface area (TPSA) is 29.1 Å². The van der Waals surface area contributed by atoms with E-state index in [-0.39, 0.29) is 24.1 Å². The summed E-state index contributed by atoms with van der Waals surface area (Å²) in [4.78, 5) is 11.7. The average Bonchev–Trinajstić information content (AvgIpc) is 2.81. The molecule has 1 saturated heterocycles. The van der Waals surface area contributed by atoms with Gasteiger partial charge in [0.25, 0.3) is 0 Å². The van der Waals surface area contributed by atoms with E-state index in [0.717, 1.165) is 12.3 Å². The number of allylic oxidation sites excluding steroid dienone is 2. The van der Waals surface area contributed by atoms with Gasteiger partial charge in [-0.3, -0.25) is 4.79 Å². The molecule has 3 heteroatoms. The minimum atomic E-state index is -0.133. The summed E-state index contributed by atoms with van der Waals surface area (Å²) in [7, 11) is 0. The Hall–Kier alpha value is -0.700. The molecule has 0 aromatic rings. The smallest absolute Gasteiger partial charge is 0.150 e. The number of fused-ring (bicyclic) bond motifs is 1. The first-order chi connectivity index (χ1) is 7.08. The van der Waals surface area contributed by atoms with Crippen LogP contribution in [0, 0.1) is 5.92 Å². The van der Waals surface area contributed by atoms with Crippen molar-refractivity contribution < 1.29 is 9.18 Å². The lowest BCUT2D eigenvalue weighted by Crippen LogP contribution is -2.33. The van der Waals surface area contributed by atoms with E-state index in [0.29, 0.717) is 18.0 Å². The number of carbonyl (C=O) groups excluding carboxylic acids is 1. The molecule has 3 atom stereocenters. The first-order valence-corrected chi connectivity index (χ1v) is 5.68. The number of nitrogens with one attached hydrogen (secondary N) is 1. The van der Waals surface area contributed by atoms with Gasteiger partial charge in [-0.05, 0) is 38.2 Å². The van der Waals surface area contributed by atoms with Crippen molar-refractivity contribution in [1.29, 1.82) is 0 Å². The molecule has 0 aromatic heterocycles. The van der Waals surface area contributed by atoms with Crippen molar-refractivity contribution in [1.82, 2.24) is 5.32 Å². The Balaban J connectivity index is 1.75. The summed E-state index contributed by atoms with van der Waals surface area (Å²) in [5.74, 6) is 0.775. The fourth-order valence-corrected chi connectivity index (χ4v) is 2.22. The first-order valence-electron chi connectivity index (χ1n) is 5.68. The van der Waals surface area contributed by atoms with Gasteiger partial charge >= 0.3 is 0 Å². The van der Waals surface area contributed by atoms with Gasteiger partial charge in [0.05, 0.1) is 11.9 Å². The highest BCUT2D eigenvalue weighted by Crippen LogP contribution is 2.41. The number of rotatable bonds is 4. The van der Waals surface area contributed by atoms with Crippen molar-refractivity contribution in [3.63, 3.8) is 0 Å². The minimum absolute atomic E-state index is 0.0127. The van der Waals surface area contributed by atoms with Crippen LogP contribution in [0.4, 0.5) is 4.39 Å². The lowest BCUT2D eigenvalue weighted by molar-refractivity contribution is -0.121. The van der Waals surface area contributed by atoms with E-state index in [1.807, 2.05) is 0 Å². The van der Waals surface area contributed by atoms with Gasteiger partial charge in [-0.25, -0.2) is 4.39 Å². The van der Waals surface area contributed by atoms with E-state index in [1.165, 1.54) is 6.42 Å². The monoisotopic (exact) mass is 211 g/mol. The highest BCUT2D eigenvalue weighted by Gasteiger charge is 2.47. The summed E-state index contributed by atoms with van der Waals surface area (Å²) in [6.07, 6.45) is 2.81. The van der Waals surface area contributed by atoms with Crippen LogP contribution in [-0.4, -0.2) is 17.9 Å². The molecule has 0 amide bonds. The molecule has 1 aliphatic carbocycles. The number of halogens is 1. The molecular formula is C12H18FNO. The largest absolute Gasteiger partial charge is 0.304 e. The fraction of sp³-hybridized carbons (Fsp3) is 0.750. The molecule has 1 aliphatic heterocycles. The number of hydrogen-bond donors (Lipinski definition) is 1. The summed E-state index contributed by atoms with van der Waals surface area (Å²) in [5, 5.41) is 3.29. The van der Waals surface area contributed by atoms with Crippen LogP contribution in [0.1, 0.15) is 39.5 Å². The molecular weight excluding hydrogens is 193 g/mol. The number of Topliss-reactive ketones (excluding diaryl/α,β-unsaturated/α-hetero) is 1. The van der Waals surface area contributed by atoms with Crippen molar-refractivity contribution in [2.24, 2.45) is 5.92 Å². The number of carbonyl (C=O) groups is 1. The highest BCUT2D eigenvalue weighted by atomic mass is 19.1. The van der Waals surface area contributed by atoms with Gasteiger partial charge in [0.1, 0.15) is 5.78 Å². The Labute approximate surface area is 89.9 Å². The summed E-state index contributed by atoms with van der Waals surface area (Å²) >= 11 is 0. The van der Waals surface area contributed by atoms with Crippen LogP contribution in [0.15, 0.2) is 11.4 Å². The van der Waals surface area contributed by atoms with Crippen LogP contribution in [0.25, 0.3) is 0 Å². The molecule has 0 bridgehead atoms. The van der Waals surface area contributed by atoms with Crippen LogP contribution in [0.3, 0.4) is 0 Å². The van der Waals surface area contributed by atoms with Crippen molar-refractivity contribution >= 4 is 5.78 Å². The van der Waals surface area contributed by atoms with Crippen LogP contribution >= 0.6 is 0 Å². The van der Waals surface area contributed by atoms with Crippen molar-refractivity contribution in [2.75, 3.05) is 0 Å². The van der Waals surface area contributed by atoms with Gasteiger partial charge in [-0.1, -0.05) is 0 Å². The van der Waals surface area contributed by atoms with E-state index in [9.17, 15) is 9.18 Å². The van der Waals surface area contributed by atoms with Crippen LogP contribution in [0.2, 0.25) is 0 Å². The molecule has 2 nitrogen and oxygen atoms in total. The Morgan fingerprint density at radius 2 is 2.07 bits per heavy atom. The van der Waals surface area contributed by atoms with Crippen LogP contribution in [-0.2, 0) is 4.79 Å².